The molecule has 4 rings (SSSR count). The molecular weight excluding hydrogens is 352 g/mol. The minimum atomic E-state index is -3.04. The van der Waals surface area contributed by atoms with Crippen molar-refractivity contribution in [1.29, 1.82) is 0 Å². The van der Waals surface area contributed by atoms with E-state index in [0.717, 1.165) is 18.7 Å². The van der Waals surface area contributed by atoms with Crippen LogP contribution in [0.4, 0.5) is 11.5 Å². The normalized spacial score (nSPS) is 20.8. The first kappa shape index (κ1) is 17.0. The summed E-state index contributed by atoms with van der Waals surface area (Å²) in [6.07, 6.45) is 4.51. The summed E-state index contributed by atoms with van der Waals surface area (Å²) in [6.45, 7) is 0.834. The molecule has 3 heterocycles. The lowest BCUT2D eigenvalue weighted by atomic mass is 10.2. The first-order valence-electron chi connectivity index (χ1n) is 8.60. The van der Waals surface area contributed by atoms with Crippen LogP contribution < -0.4 is 4.90 Å². The lowest BCUT2D eigenvalue weighted by Crippen LogP contribution is -2.38. The van der Waals surface area contributed by atoms with Crippen LogP contribution in [-0.4, -0.2) is 60.3 Å². The highest BCUT2D eigenvalue weighted by atomic mass is 32.2. The van der Waals surface area contributed by atoms with Crippen LogP contribution in [0, 0.1) is 0 Å². The molecule has 2 aromatic rings. The van der Waals surface area contributed by atoms with Crippen LogP contribution in [0.3, 0.4) is 0 Å². The summed E-state index contributed by atoms with van der Waals surface area (Å²) < 4.78 is 23.3. The predicted octanol–water partition coefficient (Wildman–Crippen LogP) is 1.43. The van der Waals surface area contributed by atoms with Gasteiger partial charge in [-0.05, 0) is 24.5 Å². The largest absolute Gasteiger partial charge is 0.336 e. The van der Waals surface area contributed by atoms with Crippen molar-refractivity contribution in [2.75, 3.05) is 30.0 Å². The van der Waals surface area contributed by atoms with Gasteiger partial charge in [0.15, 0.2) is 15.7 Å². The second kappa shape index (κ2) is 6.35. The van der Waals surface area contributed by atoms with Crippen LogP contribution in [0.2, 0.25) is 0 Å². The number of hydrogen-bond acceptors (Lipinski definition) is 6. The van der Waals surface area contributed by atoms with Crippen LogP contribution in [0.15, 0.2) is 36.7 Å². The molecule has 0 saturated carbocycles. The van der Waals surface area contributed by atoms with Gasteiger partial charge in [0.1, 0.15) is 5.69 Å². The Hall–Kier alpha value is -2.48. The molecule has 0 bridgehead atoms. The maximum Gasteiger partial charge on any atom is 0.274 e. The van der Waals surface area contributed by atoms with Crippen molar-refractivity contribution in [2.45, 2.75) is 18.9 Å². The number of benzene rings is 1. The van der Waals surface area contributed by atoms with E-state index in [4.69, 9.17) is 0 Å². The molecule has 0 aliphatic carbocycles. The van der Waals surface area contributed by atoms with Gasteiger partial charge >= 0.3 is 0 Å². The highest BCUT2D eigenvalue weighted by Gasteiger charge is 2.33. The molecule has 1 amide bonds. The lowest BCUT2D eigenvalue weighted by molar-refractivity contribution is 0.0741. The van der Waals surface area contributed by atoms with Gasteiger partial charge in [-0.3, -0.25) is 4.79 Å². The third-order valence-corrected chi connectivity index (χ3v) is 6.85. The standard InChI is InChI=1S/C18H20N4O3S/c1-21(14-7-9-26(24,25)12-14)18(23)15-10-20-17(11-19-15)22-8-6-13-4-2-3-5-16(13)22/h2-5,10-11,14H,6-9,12H2,1H3. The molecule has 7 nitrogen and oxygen atoms in total. The monoisotopic (exact) mass is 372 g/mol. The number of nitrogens with zero attached hydrogens (tertiary/aromatic N) is 4. The van der Waals surface area contributed by atoms with Crippen molar-refractivity contribution in [2.24, 2.45) is 0 Å². The van der Waals surface area contributed by atoms with Crippen molar-refractivity contribution in [3.8, 4) is 0 Å². The fourth-order valence-electron chi connectivity index (χ4n) is 3.57. The second-order valence-corrected chi connectivity index (χ2v) is 8.99. The van der Waals surface area contributed by atoms with Crippen LogP contribution in [0.5, 0.6) is 0 Å². The fraction of sp³-hybridized carbons (Fsp3) is 0.389. The summed E-state index contributed by atoms with van der Waals surface area (Å²) in [4.78, 5) is 24.8. The molecule has 2 aliphatic rings. The Morgan fingerprint density at radius 3 is 2.73 bits per heavy atom. The Balaban J connectivity index is 1.51. The zero-order valence-electron chi connectivity index (χ0n) is 14.5. The predicted molar refractivity (Wildman–Crippen MR) is 98.3 cm³/mol. The minimum absolute atomic E-state index is 0.0192. The first-order valence-corrected chi connectivity index (χ1v) is 10.4. The van der Waals surface area contributed by atoms with E-state index in [1.165, 1.54) is 16.7 Å². The number of carbonyl (C=O) groups excluding carboxylic acids is 1. The molecule has 1 aromatic carbocycles. The average molecular weight is 372 g/mol. The van der Waals surface area contributed by atoms with E-state index in [-0.39, 0.29) is 29.1 Å². The van der Waals surface area contributed by atoms with Gasteiger partial charge in [-0.15, -0.1) is 0 Å². The number of para-hydroxylation sites is 1. The highest BCUT2D eigenvalue weighted by Crippen LogP contribution is 2.32. The Labute approximate surface area is 152 Å². The summed E-state index contributed by atoms with van der Waals surface area (Å²) in [6, 6.07) is 7.88. The van der Waals surface area contributed by atoms with Gasteiger partial charge < -0.3 is 9.80 Å². The Bertz CT molecular complexity index is 943. The molecule has 0 spiro atoms. The van der Waals surface area contributed by atoms with Gasteiger partial charge in [-0.25, -0.2) is 18.4 Å². The van der Waals surface area contributed by atoms with Crippen molar-refractivity contribution >= 4 is 27.2 Å². The SMILES string of the molecule is CN(C(=O)c1cnc(N2CCc3ccccc32)cn1)C1CCS(=O)(=O)C1. The lowest BCUT2D eigenvalue weighted by Gasteiger charge is -2.23. The number of rotatable bonds is 3. The fourth-order valence-corrected chi connectivity index (χ4v) is 5.35. The van der Waals surface area contributed by atoms with Crippen LogP contribution in [-0.2, 0) is 16.3 Å². The van der Waals surface area contributed by atoms with E-state index in [1.54, 1.807) is 13.2 Å². The average Bonchev–Trinajstić information content (AvgIpc) is 3.24. The Morgan fingerprint density at radius 2 is 2.04 bits per heavy atom. The molecule has 1 saturated heterocycles. The molecule has 2 aliphatic heterocycles. The summed E-state index contributed by atoms with van der Waals surface area (Å²) in [5.74, 6) is 0.560. The van der Waals surface area contributed by atoms with Gasteiger partial charge in [0.2, 0.25) is 0 Å². The molecule has 0 N–H and O–H groups in total. The molecule has 1 unspecified atom stereocenters. The zero-order valence-corrected chi connectivity index (χ0v) is 15.3. The number of amides is 1. The minimum Gasteiger partial charge on any atom is -0.336 e. The van der Waals surface area contributed by atoms with Crippen LogP contribution in [0.25, 0.3) is 0 Å². The molecular formula is C18H20N4O3S. The molecule has 1 atom stereocenters. The summed E-state index contributed by atoms with van der Waals surface area (Å²) in [5, 5.41) is 0. The summed E-state index contributed by atoms with van der Waals surface area (Å²) >= 11 is 0. The number of sulfone groups is 1. The molecule has 26 heavy (non-hydrogen) atoms. The van der Waals surface area contributed by atoms with Gasteiger partial charge in [-0.2, -0.15) is 0 Å². The van der Waals surface area contributed by atoms with Gasteiger partial charge in [-0.1, -0.05) is 18.2 Å². The van der Waals surface area contributed by atoms with Gasteiger partial charge in [0.25, 0.3) is 5.91 Å². The third kappa shape index (κ3) is 3.05. The van der Waals surface area contributed by atoms with Crippen molar-refractivity contribution in [1.82, 2.24) is 14.9 Å². The molecule has 136 valence electrons. The molecule has 1 fully saturated rings. The quantitative estimate of drug-likeness (QED) is 0.810. The zero-order chi connectivity index (χ0) is 18.3. The number of anilines is 2. The second-order valence-electron chi connectivity index (χ2n) is 6.76. The van der Waals surface area contributed by atoms with Crippen LogP contribution >= 0.6 is 0 Å². The smallest absolute Gasteiger partial charge is 0.274 e. The maximum absolute atomic E-state index is 12.6. The molecule has 0 radical (unpaired) electrons. The number of hydrogen-bond donors (Lipinski definition) is 0. The van der Waals surface area contributed by atoms with Gasteiger partial charge in [0.05, 0.1) is 23.9 Å². The maximum atomic E-state index is 12.6. The van der Waals surface area contributed by atoms with Crippen molar-refractivity contribution < 1.29 is 13.2 Å². The van der Waals surface area contributed by atoms with Crippen LogP contribution in [0.1, 0.15) is 22.5 Å². The topological polar surface area (TPSA) is 83.5 Å². The molecule has 8 heteroatoms. The Kier molecular flexibility index (Phi) is 4.14. The third-order valence-electron chi connectivity index (χ3n) is 5.10. The van der Waals surface area contributed by atoms with Gasteiger partial charge in [0, 0.05) is 25.3 Å². The van der Waals surface area contributed by atoms with Crippen molar-refractivity contribution in [3.05, 3.63) is 47.9 Å². The van der Waals surface area contributed by atoms with E-state index >= 15 is 0 Å². The number of fused-ring (bicyclic) bond motifs is 1. The van der Waals surface area contributed by atoms with E-state index < -0.39 is 9.84 Å². The first-order chi connectivity index (χ1) is 12.4. The number of carbonyl (C=O) groups is 1. The summed E-state index contributed by atoms with van der Waals surface area (Å²) in [5.41, 5.74) is 2.62. The van der Waals surface area contributed by atoms with E-state index in [2.05, 4.69) is 27.0 Å². The van der Waals surface area contributed by atoms with Crippen molar-refractivity contribution in [3.63, 3.8) is 0 Å². The summed E-state index contributed by atoms with van der Waals surface area (Å²) in [7, 11) is -1.41. The number of aromatic nitrogens is 2. The van der Waals surface area contributed by atoms with E-state index in [0.29, 0.717) is 12.2 Å². The Morgan fingerprint density at radius 1 is 1.23 bits per heavy atom. The van der Waals surface area contributed by atoms with E-state index in [9.17, 15) is 13.2 Å². The van der Waals surface area contributed by atoms with E-state index in [1.807, 2.05) is 12.1 Å². The molecule has 1 aromatic heterocycles. The highest BCUT2D eigenvalue weighted by molar-refractivity contribution is 7.91.